The third kappa shape index (κ3) is 6.00. The Hall–Kier alpha value is -1.81. The molecule has 0 spiro atoms. The summed E-state index contributed by atoms with van der Waals surface area (Å²) in [6.45, 7) is 1.94. The number of ether oxygens (including phenoxy) is 2. The van der Waals surface area contributed by atoms with Crippen LogP contribution in [0.15, 0.2) is 30.3 Å². The lowest BCUT2D eigenvalue weighted by Gasteiger charge is -2.11. The van der Waals surface area contributed by atoms with Gasteiger partial charge in [0.05, 0.1) is 6.61 Å². The van der Waals surface area contributed by atoms with Crippen molar-refractivity contribution in [2.45, 2.75) is 25.7 Å². The van der Waals surface area contributed by atoms with Gasteiger partial charge in [0.1, 0.15) is 12.4 Å². The van der Waals surface area contributed by atoms with Gasteiger partial charge >= 0.3 is 5.97 Å². The van der Waals surface area contributed by atoms with E-state index in [1.54, 1.807) is 6.08 Å². The molecular formula is C17H22O4. The molecule has 2 rings (SSSR count). The summed E-state index contributed by atoms with van der Waals surface area (Å²) in [4.78, 5) is 10.5. The highest BCUT2D eigenvalue weighted by Gasteiger charge is 2.14. The second-order valence-electron chi connectivity index (χ2n) is 5.32. The fraction of sp³-hybridized carbons (Fsp3) is 0.471. The predicted octanol–water partition coefficient (Wildman–Crippen LogP) is 3.37. The van der Waals surface area contributed by atoms with Crippen molar-refractivity contribution in [1.29, 1.82) is 0 Å². The van der Waals surface area contributed by atoms with Crippen LogP contribution in [-0.2, 0) is 9.53 Å². The molecular weight excluding hydrogens is 268 g/mol. The molecule has 0 unspecified atom stereocenters. The molecule has 1 aromatic rings. The van der Waals surface area contributed by atoms with Crippen LogP contribution in [0.25, 0.3) is 6.08 Å². The van der Waals surface area contributed by atoms with Gasteiger partial charge in [0.25, 0.3) is 0 Å². The molecule has 0 saturated heterocycles. The lowest BCUT2D eigenvalue weighted by atomic mass is 10.1. The fourth-order valence-corrected chi connectivity index (χ4v) is 2.52. The molecule has 1 aliphatic rings. The normalized spacial score (nSPS) is 15.6. The number of aliphatic carboxylic acids is 1. The molecule has 1 aliphatic carbocycles. The Kier molecular flexibility index (Phi) is 6.28. The average Bonchev–Trinajstić information content (AvgIpc) is 2.98. The van der Waals surface area contributed by atoms with E-state index in [2.05, 4.69) is 0 Å². The molecule has 1 aromatic carbocycles. The summed E-state index contributed by atoms with van der Waals surface area (Å²) in [6, 6.07) is 7.35. The predicted molar refractivity (Wildman–Crippen MR) is 81.4 cm³/mol. The van der Waals surface area contributed by atoms with Crippen LogP contribution >= 0.6 is 0 Å². The van der Waals surface area contributed by atoms with E-state index in [0.29, 0.717) is 13.2 Å². The monoisotopic (exact) mass is 290 g/mol. The highest BCUT2D eigenvalue weighted by Crippen LogP contribution is 2.24. The zero-order valence-electron chi connectivity index (χ0n) is 12.2. The first-order valence-corrected chi connectivity index (χ1v) is 7.45. The Bertz CT molecular complexity index is 475. The second-order valence-corrected chi connectivity index (χ2v) is 5.32. The Morgan fingerprint density at radius 1 is 1.29 bits per heavy atom. The van der Waals surface area contributed by atoms with Crippen LogP contribution in [0.1, 0.15) is 31.2 Å². The van der Waals surface area contributed by atoms with Gasteiger partial charge in [0.15, 0.2) is 0 Å². The Labute approximate surface area is 125 Å². The van der Waals surface area contributed by atoms with E-state index < -0.39 is 5.97 Å². The minimum Gasteiger partial charge on any atom is -0.491 e. The van der Waals surface area contributed by atoms with E-state index in [4.69, 9.17) is 14.6 Å². The van der Waals surface area contributed by atoms with Crippen LogP contribution in [-0.4, -0.2) is 30.9 Å². The van der Waals surface area contributed by atoms with Crippen LogP contribution < -0.4 is 4.74 Å². The highest BCUT2D eigenvalue weighted by molar-refractivity contribution is 5.85. The number of carboxylic acids is 1. The second kappa shape index (κ2) is 8.47. The van der Waals surface area contributed by atoms with Gasteiger partial charge in [0.2, 0.25) is 0 Å². The molecule has 1 fully saturated rings. The lowest BCUT2D eigenvalue weighted by Crippen LogP contribution is -2.11. The molecule has 21 heavy (non-hydrogen) atoms. The standard InChI is InChI=1S/C17H22O4/c18-17(19)9-8-14-6-3-7-16(12-14)21-11-10-20-13-15-4-1-2-5-15/h3,6-9,12,15H,1-2,4-5,10-11,13H2,(H,18,19). The van der Waals surface area contributed by atoms with Crippen molar-refractivity contribution in [3.63, 3.8) is 0 Å². The van der Waals surface area contributed by atoms with Crippen LogP contribution in [0.2, 0.25) is 0 Å². The van der Waals surface area contributed by atoms with E-state index in [-0.39, 0.29) is 0 Å². The van der Waals surface area contributed by atoms with E-state index in [0.717, 1.165) is 29.9 Å². The molecule has 0 atom stereocenters. The maximum Gasteiger partial charge on any atom is 0.328 e. The van der Waals surface area contributed by atoms with Gasteiger partial charge in [-0.3, -0.25) is 0 Å². The quantitative estimate of drug-likeness (QED) is 0.589. The van der Waals surface area contributed by atoms with Crippen molar-refractivity contribution >= 4 is 12.0 Å². The first-order chi connectivity index (χ1) is 10.2. The average molecular weight is 290 g/mol. The Balaban J connectivity index is 1.67. The molecule has 4 nitrogen and oxygen atoms in total. The number of benzene rings is 1. The van der Waals surface area contributed by atoms with Crippen LogP contribution in [0.4, 0.5) is 0 Å². The number of carbonyl (C=O) groups is 1. The highest BCUT2D eigenvalue weighted by atomic mass is 16.5. The largest absolute Gasteiger partial charge is 0.491 e. The van der Waals surface area contributed by atoms with Crippen LogP contribution in [0, 0.1) is 5.92 Å². The molecule has 4 heteroatoms. The summed E-state index contributed by atoms with van der Waals surface area (Å²) in [6.07, 6.45) is 7.91. The summed E-state index contributed by atoms with van der Waals surface area (Å²) < 4.78 is 11.2. The minimum atomic E-state index is -0.957. The van der Waals surface area contributed by atoms with Crippen molar-refractivity contribution in [3.05, 3.63) is 35.9 Å². The molecule has 0 radical (unpaired) electrons. The van der Waals surface area contributed by atoms with Gasteiger partial charge in [-0.25, -0.2) is 4.79 Å². The fourth-order valence-electron chi connectivity index (χ4n) is 2.52. The van der Waals surface area contributed by atoms with Crippen molar-refractivity contribution < 1.29 is 19.4 Å². The van der Waals surface area contributed by atoms with Gasteiger partial charge in [-0.2, -0.15) is 0 Å². The van der Waals surface area contributed by atoms with E-state index in [1.165, 1.54) is 25.7 Å². The first kappa shape index (κ1) is 15.6. The van der Waals surface area contributed by atoms with Gasteiger partial charge < -0.3 is 14.6 Å². The maximum atomic E-state index is 10.5. The molecule has 0 aromatic heterocycles. The van der Waals surface area contributed by atoms with Crippen molar-refractivity contribution in [3.8, 4) is 5.75 Å². The number of hydrogen-bond donors (Lipinski definition) is 1. The van der Waals surface area contributed by atoms with Crippen molar-refractivity contribution in [2.24, 2.45) is 5.92 Å². The van der Waals surface area contributed by atoms with E-state index in [9.17, 15) is 4.79 Å². The van der Waals surface area contributed by atoms with Crippen LogP contribution in [0.5, 0.6) is 5.75 Å². The van der Waals surface area contributed by atoms with Crippen molar-refractivity contribution in [1.82, 2.24) is 0 Å². The van der Waals surface area contributed by atoms with Gasteiger partial charge in [-0.05, 0) is 42.5 Å². The molecule has 0 amide bonds. The van der Waals surface area contributed by atoms with E-state index >= 15 is 0 Å². The molecule has 114 valence electrons. The lowest BCUT2D eigenvalue weighted by molar-refractivity contribution is -0.131. The number of hydrogen-bond acceptors (Lipinski definition) is 3. The molecule has 0 aliphatic heterocycles. The third-order valence-corrected chi connectivity index (χ3v) is 3.60. The number of carboxylic acid groups (broad SMARTS) is 1. The minimum absolute atomic E-state index is 0.513. The first-order valence-electron chi connectivity index (χ1n) is 7.45. The van der Waals surface area contributed by atoms with Crippen molar-refractivity contribution in [2.75, 3.05) is 19.8 Å². The van der Waals surface area contributed by atoms with Crippen LogP contribution in [0.3, 0.4) is 0 Å². The summed E-state index contributed by atoms with van der Waals surface area (Å²) in [7, 11) is 0. The SMILES string of the molecule is O=C(O)C=Cc1cccc(OCCOCC2CCCC2)c1. The molecule has 0 heterocycles. The summed E-state index contributed by atoms with van der Waals surface area (Å²) in [5.74, 6) is 0.503. The molecule has 1 saturated carbocycles. The maximum absolute atomic E-state index is 10.5. The molecule has 1 N–H and O–H groups in total. The van der Waals surface area contributed by atoms with Gasteiger partial charge in [-0.1, -0.05) is 25.0 Å². The van der Waals surface area contributed by atoms with Gasteiger partial charge in [-0.15, -0.1) is 0 Å². The Morgan fingerprint density at radius 2 is 2.10 bits per heavy atom. The summed E-state index contributed by atoms with van der Waals surface area (Å²) in [5.41, 5.74) is 0.807. The molecule has 0 bridgehead atoms. The zero-order valence-corrected chi connectivity index (χ0v) is 12.2. The number of rotatable bonds is 8. The Morgan fingerprint density at radius 3 is 2.86 bits per heavy atom. The summed E-state index contributed by atoms with van der Waals surface area (Å²) in [5, 5.41) is 8.60. The van der Waals surface area contributed by atoms with E-state index in [1.807, 2.05) is 24.3 Å². The smallest absolute Gasteiger partial charge is 0.328 e. The summed E-state index contributed by atoms with van der Waals surface area (Å²) >= 11 is 0. The topological polar surface area (TPSA) is 55.8 Å². The zero-order chi connectivity index (χ0) is 14.9. The van der Waals surface area contributed by atoms with Gasteiger partial charge in [0, 0.05) is 12.7 Å². The third-order valence-electron chi connectivity index (χ3n) is 3.60.